The third kappa shape index (κ3) is 4.90. The second kappa shape index (κ2) is 6.72. The highest BCUT2D eigenvalue weighted by Crippen LogP contribution is 2.49. The molecular weight excluding hydrogens is 344 g/mol. The van der Waals surface area contributed by atoms with Gasteiger partial charge in [0.2, 0.25) is 0 Å². The number of hydrogen-bond acceptors (Lipinski definition) is 3. The van der Waals surface area contributed by atoms with Crippen LogP contribution in [0.25, 0.3) is 0 Å². The van der Waals surface area contributed by atoms with Crippen LogP contribution in [0.5, 0.6) is 5.75 Å². The third-order valence-corrected chi connectivity index (χ3v) is 5.43. The Bertz CT molecular complexity index is 496. The standard InChI is InChI=1S/C14H17BrO4S/c15-11-1-3-12(4-2-11)19-7-8-20(18)10-14(5-6-14)9-13(16)17/h1-4H,5-10H2,(H,16,17). The van der Waals surface area contributed by atoms with Gasteiger partial charge in [-0.25, -0.2) is 0 Å². The minimum Gasteiger partial charge on any atom is -0.493 e. The quantitative estimate of drug-likeness (QED) is 0.774. The number of aliphatic carboxylic acids is 1. The van der Waals surface area contributed by atoms with E-state index in [9.17, 15) is 9.00 Å². The highest BCUT2D eigenvalue weighted by molar-refractivity contribution is 9.10. The van der Waals surface area contributed by atoms with E-state index in [1.807, 2.05) is 24.3 Å². The molecule has 1 aliphatic rings. The number of carboxylic acid groups (broad SMARTS) is 1. The first-order valence-electron chi connectivity index (χ1n) is 6.44. The van der Waals surface area contributed by atoms with Crippen molar-refractivity contribution >= 4 is 32.7 Å². The Kier molecular flexibility index (Phi) is 5.21. The zero-order valence-electron chi connectivity index (χ0n) is 11.0. The van der Waals surface area contributed by atoms with Gasteiger partial charge in [0.05, 0.1) is 18.8 Å². The number of rotatable bonds is 8. The number of benzene rings is 1. The van der Waals surface area contributed by atoms with E-state index < -0.39 is 16.8 Å². The van der Waals surface area contributed by atoms with Crippen LogP contribution in [-0.4, -0.2) is 33.4 Å². The summed E-state index contributed by atoms with van der Waals surface area (Å²) < 4.78 is 18.5. The maximum Gasteiger partial charge on any atom is 0.303 e. The Morgan fingerprint density at radius 3 is 2.55 bits per heavy atom. The smallest absolute Gasteiger partial charge is 0.303 e. The van der Waals surface area contributed by atoms with Crippen LogP contribution < -0.4 is 4.74 Å². The SMILES string of the molecule is O=C(O)CC1(CS(=O)CCOc2ccc(Br)cc2)CC1. The Hall–Kier alpha value is -0.880. The lowest BCUT2D eigenvalue weighted by Gasteiger charge is -2.12. The van der Waals surface area contributed by atoms with Crippen molar-refractivity contribution in [2.75, 3.05) is 18.1 Å². The minimum atomic E-state index is -1.02. The van der Waals surface area contributed by atoms with Gasteiger partial charge in [0.1, 0.15) is 5.75 Å². The van der Waals surface area contributed by atoms with Crippen molar-refractivity contribution in [2.24, 2.45) is 5.41 Å². The molecule has 0 heterocycles. The van der Waals surface area contributed by atoms with E-state index in [0.29, 0.717) is 18.1 Å². The average molecular weight is 361 g/mol. The van der Waals surface area contributed by atoms with Gasteiger partial charge in [0.25, 0.3) is 0 Å². The zero-order chi connectivity index (χ0) is 14.6. The van der Waals surface area contributed by atoms with E-state index in [4.69, 9.17) is 9.84 Å². The molecule has 0 amide bonds. The molecule has 1 atom stereocenters. The molecule has 0 aromatic heterocycles. The molecule has 1 aromatic carbocycles. The Labute approximate surface area is 129 Å². The molecule has 1 fully saturated rings. The number of carboxylic acids is 1. The van der Waals surface area contributed by atoms with Crippen molar-refractivity contribution in [1.82, 2.24) is 0 Å². The third-order valence-electron chi connectivity index (χ3n) is 3.34. The lowest BCUT2D eigenvalue weighted by molar-refractivity contribution is -0.138. The number of ether oxygens (including phenoxy) is 1. The van der Waals surface area contributed by atoms with Crippen LogP contribution in [0, 0.1) is 5.41 Å². The summed E-state index contributed by atoms with van der Waals surface area (Å²) in [6.45, 7) is 0.386. The number of halogens is 1. The van der Waals surface area contributed by atoms with Crippen LogP contribution in [-0.2, 0) is 15.6 Å². The largest absolute Gasteiger partial charge is 0.493 e. The second-order valence-corrected chi connectivity index (χ2v) is 7.65. The Morgan fingerprint density at radius 2 is 2.00 bits per heavy atom. The molecule has 1 N–H and O–H groups in total. The predicted octanol–water partition coefficient (Wildman–Crippen LogP) is 2.83. The van der Waals surface area contributed by atoms with Crippen LogP contribution in [0.2, 0.25) is 0 Å². The van der Waals surface area contributed by atoms with Crippen molar-refractivity contribution in [1.29, 1.82) is 0 Å². The maximum atomic E-state index is 12.0. The van der Waals surface area contributed by atoms with E-state index >= 15 is 0 Å². The predicted molar refractivity (Wildman–Crippen MR) is 81.4 cm³/mol. The van der Waals surface area contributed by atoms with Crippen molar-refractivity contribution in [3.8, 4) is 5.75 Å². The molecule has 0 aliphatic heterocycles. The van der Waals surface area contributed by atoms with Gasteiger partial charge >= 0.3 is 5.97 Å². The molecule has 4 nitrogen and oxygen atoms in total. The molecule has 6 heteroatoms. The lowest BCUT2D eigenvalue weighted by atomic mass is 10.1. The van der Waals surface area contributed by atoms with Gasteiger partial charge in [-0.2, -0.15) is 0 Å². The van der Waals surface area contributed by atoms with E-state index in [-0.39, 0.29) is 11.8 Å². The maximum absolute atomic E-state index is 12.0. The molecule has 1 aliphatic carbocycles. The number of hydrogen-bond donors (Lipinski definition) is 1. The first-order valence-corrected chi connectivity index (χ1v) is 8.72. The monoisotopic (exact) mass is 360 g/mol. The zero-order valence-corrected chi connectivity index (χ0v) is 13.4. The normalized spacial score (nSPS) is 17.4. The summed E-state index contributed by atoms with van der Waals surface area (Å²) in [6.07, 6.45) is 1.88. The van der Waals surface area contributed by atoms with Gasteiger partial charge in [-0.1, -0.05) is 15.9 Å². The van der Waals surface area contributed by atoms with Gasteiger partial charge < -0.3 is 9.84 Å². The number of carbonyl (C=O) groups is 1. The molecule has 1 saturated carbocycles. The fourth-order valence-corrected chi connectivity index (χ4v) is 3.82. The summed E-state index contributed by atoms with van der Waals surface area (Å²) in [5, 5.41) is 8.82. The summed E-state index contributed by atoms with van der Waals surface area (Å²) >= 11 is 3.34. The van der Waals surface area contributed by atoms with Crippen molar-refractivity contribution < 1.29 is 18.8 Å². The highest BCUT2D eigenvalue weighted by Gasteiger charge is 2.45. The molecule has 20 heavy (non-hydrogen) atoms. The Balaban J connectivity index is 1.70. The summed E-state index contributed by atoms with van der Waals surface area (Å²) in [5.74, 6) is 0.864. The molecular formula is C14H17BrO4S. The average Bonchev–Trinajstić information content (AvgIpc) is 3.10. The van der Waals surface area contributed by atoms with Gasteiger partial charge in [-0.15, -0.1) is 0 Å². The van der Waals surface area contributed by atoms with Crippen molar-refractivity contribution in [3.05, 3.63) is 28.7 Å². The van der Waals surface area contributed by atoms with Gasteiger partial charge in [0.15, 0.2) is 0 Å². The van der Waals surface area contributed by atoms with E-state index in [0.717, 1.165) is 23.1 Å². The van der Waals surface area contributed by atoms with Crippen LogP contribution in [0.15, 0.2) is 28.7 Å². The topological polar surface area (TPSA) is 63.6 Å². The second-order valence-electron chi connectivity index (χ2n) is 5.16. The van der Waals surface area contributed by atoms with E-state index in [2.05, 4.69) is 15.9 Å². The van der Waals surface area contributed by atoms with Gasteiger partial charge in [0, 0.05) is 21.0 Å². The van der Waals surface area contributed by atoms with Crippen LogP contribution in [0.4, 0.5) is 0 Å². The molecule has 0 spiro atoms. The molecule has 1 unspecified atom stereocenters. The summed E-state index contributed by atoms with van der Waals surface area (Å²) in [7, 11) is -1.02. The van der Waals surface area contributed by atoms with Gasteiger partial charge in [-0.3, -0.25) is 9.00 Å². The fraction of sp³-hybridized carbons (Fsp3) is 0.500. The van der Waals surface area contributed by atoms with Crippen LogP contribution >= 0.6 is 15.9 Å². The van der Waals surface area contributed by atoms with E-state index in [1.165, 1.54) is 0 Å². The van der Waals surface area contributed by atoms with Crippen molar-refractivity contribution in [2.45, 2.75) is 19.3 Å². The van der Waals surface area contributed by atoms with Crippen molar-refractivity contribution in [3.63, 3.8) is 0 Å². The molecule has 0 bridgehead atoms. The summed E-state index contributed by atoms with van der Waals surface area (Å²) in [5.41, 5.74) is -0.214. The molecule has 0 radical (unpaired) electrons. The molecule has 1 aromatic rings. The minimum absolute atomic E-state index is 0.131. The highest BCUT2D eigenvalue weighted by atomic mass is 79.9. The van der Waals surface area contributed by atoms with E-state index in [1.54, 1.807) is 0 Å². The lowest BCUT2D eigenvalue weighted by Crippen LogP contribution is -2.20. The van der Waals surface area contributed by atoms with Crippen LogP contribution in [0.1, 0.15) is 19.3 Å². The molecule has 2 rings (SSSR count). The van der Waals surface area contributed by atoms with Crippen LogP contribution in [0.3, 0.4) is 0 Å². The summed E-state index contributed by atoms with van der Waals surface area (Å²) in [6, 6.07) is 7.47. The van der Waals surface area contributed by atoms with Gasteiger partial charge in [-0.05, 0) is 42.5 Å². The molecule has 0 saturated heterocycles. The first-order chi connectivity index (χ1) is 9.49. The first kappa shape index (κ1) is 15.5. The summed E-state index contributed by atoms with van der Waals surface area (Å²) in [4.78, 5) is 10.7. The Morgan fingerprint density at radius 1 is 1.35 bits per heavy atom. The molecule has 110 valence electrons. The fourth-order valence-electron chi connectivity index (χ4n) is 2.07.